The topological polar surface area (TPSA) is 24.5 Å². The first-order valence-corrected chi connectivity index (χ1v) is 7.54. The molecule has 3 nitrogen and oxygen atoms in total. The van der Waals surface area contributed by atoms with Gasteiger partial charge in [-0.05, 0) is 64.2 Å². The van der Waals surface area contributed by atoms with Gasteiger partial charge in [-0.1, -0.05) is 18.9 Å². The molecule has 1 aliphatic rings. The van der Waals surface area contributed by atoms with E-state index in [9.17, 15) is 0 Å². The molecule has 0 spiro atoms. The van der Waals surface area contributed by atoms with Crippen LogP contribution in [-0.2, 0) is 0 Å². The monoisotopic (exact) mass is 276 g/mol. The third-order valence-electron chi connectivity index (χ3n) is 4.97. The molecule has 1 atom stereocenters. The molecule has 3 heteroatoms. The van der Waals surface area contributed by atoms with Gasteiger partial charge in [-0.2, -0.15) is 0 Å². The van der Waals surface area contributed by atoms with Crippen LogP contribution in [0.4, 0.5) is 0 Å². The maximum atomic E-state index is 5.33. The predicted octanol–water partition coefficient (Wildman–Crippen LogP) is 3.14. The van der Waals surface area contributed by atoms with E-state index in [1.807, 2.05) is 0 Å². The molecule has 112 valence electrons. The fourth-order valence-corrected chi connectivity index (χ4v) is 3.79. The number of ether oxygens (including phenoxy) is 1. The fraction of sp³-hybridized carbons (Fsp3) is 0.647. The average Bonchev–Trinajstić information content (AvgIpc) is 2.92. The Bertz CT molecular complexity index is 450. The second-order valence-corrected chi connectivity index (χ2v) is 6.15. The maximum absolute atomic E-state index is 5.33. The van der Waals surface area contributed by atoms with Crippen molar-refractivity contribution in [3.05, 3.63) is 29.3 Å². The van der Waals surface area contributed by atoms with Gasteiger partial charge < -0.3 is 15.0 Å². The van der Waals surface area contributed by atoms with E-state index < -0.39 is 0 Å². The summed E-state index contributed by atoms with van der Waals surface area (Å²) in [5.74, 6) is 0.937. The van der Waals surface area contributed by atoms with Crippen molar-refractivity contribution in [3.63, 3.8) is 0 Å². The van der Waals surface area contributed by atoms with E-state index in [-0.39, 0.29) is 5.54 Å². The van der Waals surface area contributed by atoms with Crippen LogP contribution in [0.5, 0.6) is 5.75 Å². The largest absolute Gasteiger partial charge is 0.497 e. The van der Waals surface area contributed by atoms with Crippen molar-refractivity contribution in [2.75, 3.05) is 28.3 Å². The van der Waals surface area contributed by atoms with Crippen LogP contribution in [0.2, 0.25) is 0 Å². The standard InChI is InChI=1S/C17H28N2O/c1-13-12-14(20-5)8-9-15(13)16(18-2)17(19(3)4)10-6-7-11-17/h8-9,12,16,18H,6-7,10-11H2,1-5H3. The molecule has 0 saturated heterocycles. The van der Waals surface area contributed by atoms with Crippen molar-refractivity contribution in [2.45, 2.75) is 44.2 Å². The number of methoxy groups -OCH3 is 1. The van der Waals surface area contributed by atoms with Gasteiger partial charge in [0, 0.05) is 5.54 Å². The molecular weight excluding hydrogens is 248 g/mol. The summed E-state index contributed by atoms with van der Waals surface area (Å²) in [5.41, 5.74) is 2.93. The molecule has 0 radical (unpaired) electrons. The first kappa shape index (κ1) is 15.3. The smallest absolute Gasteiger partial charge is 0.119 e. The number of aryl methyl sites for hydroxylation is 1. The number of likely N-dealkylation sites (N-methyl/N-ethyl adjacent to an activating group) is 2. The molecule has 2 rings (SSSR count). The van der Waals surface area contributed by atoms with Gasteiger partial charge in [-0.15, -0.1) is 0 Å². The fourth-order valence-electron chi connectivity index (χ4n) is 3.79. The van der Waals surface area contributed by atoms with E-state index in [0.717, 1.165) is 5.75 Å². The Morgan fingerprint density at radius 1 is 1.25 bits per heavy atom. The highest BCUT2D eigenvalue weighted by Gasteiger charge is 2.43. The lowest BCUT2D eigenvalue weighted by molar-refractivity contribution is 0.108. The lowest BCUT2D eigenvalue weighted by Crippen LogP contribution is -2.51. The van der Waals surface area contributed by atoms with Crippen molar-refractivity contribution in [1.82, 2.24) is 10.2 Å². The molecule has 1 aromatic carbocycles. The van der Waals surface area contributed by atoms with Gasteiger partial charge in [-0.3, -0.25) is 0 Å². The van der Waals surface area contributed by atoms with Crippen LogP contribution in [0, 0.1) is 6.92 Å². The maximum Gasteiger partial charge on any atom is 0.119 e. The molecular formula is C17H28N2O. The average molecular weight is 276 g/mol. The highest BCUT2D eigenvalue weighted by Crippen LogP contribution is 2.44. The van der Waals surface area contributed by atoms with E-state index in [1.54, 1.807) is 7.11 Å². The Morgan fingerprint density at radius 3 is 2.35 bits per heavy atom. The van der Waals surface area contributed by atoms with E-state index in [2.05, 4.69) is 56.5 Å². The summed E-state index contributed by atoms with van der Waals surface area (Å²) in [6.45, 7) is 2.18. The molecule has 1 N–H and O–H groups in total. The molecule has 0 amide bonds. The van der Waals surface area contributed by atoms with Gasteiger partial charge in [-0.25, -0.2) is 0 Å². The quantitative estimate of drug-likeness (QED) is 0.894. The highest BCUT2D eigenvalue weighted by molar-refractivity contribution is 5.38. The van der Waals surface area contributed by atoms with E-state index in [0.29, 0.717) is 6.04 Å². The lowest BCUT2D eigenvalue weighted by Gasteiger charge is -2.44. The van der Waals surface area contributed by atoms with Crippen LogP contribution in [0.3, 0.4) is 0 Å². The van der Waals surface area contributed by atoms with Gasteiger partial charge in [0.05, 0.1) is 13.2 Å². The van der Waals surface area contributed by atoms with Crippen molar-refractivity contribution in [2.24, 2.45) is 0 Å². The van der Waals surface area contributed by atoms with Crippen molar-refractivity contribution in [1.29, 1.82) is 0 Å². The van der Waals surface area contributed by atoms with Gasteiger partial charge in [0.15, 0.2) is 0 Å². The Hall–Kier alpha value is -1.06. The van der Waals surface area contributed by atoms with Crippen molar-refractivity contribution < 1.29 is 4.74 Å². The number of hydrogen-bond acceptors (Lipinski definition) is 3. The number of hydrogen-bond donors (Lipinski definition) is 1. The minimum absolute atomic E-state index is 0.230. The summed E-state index contributed by atoms with van der Waals surface area (Å²) in [6.07, 6.45) is 5.17. The molecule has 1 aromatic rings. The Labute approximate surface area is 123 Å². The molecule has 1 saturated carbocycles. The van der Waals surface area contributed by atoms with Crippen molar-refractivity contribution in [3.8, 4) is 5.75 Å². The Kier molecular flexibility index (Phi) is 4.71. The molecule has 20 heavy (non-hydrogen) atoms. The van der Waals surface area contributed by atoms with Gasteiger partial charge in [0.1, 0.15) is 5.75 Å². The SMILES string of the molecule is CNC(c1ccc(OC)cc1C)C1(N(C)C)CCCC1. The Balaban J connectivity index is 2.41. The van der Waals surface area contributed by atoms with E-state index in [1.165, 1.54) is 36.8 Å². The van der Waals surface area contributed by atoms with Gasteiger partial charge >= 0.3 is 0 Å². The van der Waals surface area contributed by atoms with E-state index >= 15 is 0 Å². The number of nitrogens with one attached hydrogen (secondary N) is 1. The number of nitrogens with zero attached hydrogens (tertiary/aromatic N) is 1. The molecule has 0 aromatic heterocycles. The Morgan fingerprint density at radius 2 is 1.90 bits per heavy atom. The number of rotatable bonds is 5. The minimum atomic E-state index is 0.230. The zero-order chi connectivity index (χ0) is 14.8. The zero-order valence-corrected chi connectivity index (χ0v) is 13.5. The highest BCUT2D eigenvalue weighted by atomic mass is 16.5. The third kappa shape index (κ3) is 2.57. The molecule has 0 bridgehead atoms. The van der Waals surface area contributed by atoms with E-state index in [4.69, 9.17) is 4.74 Å². The van der Waals surface area contributed by atoms with Gasteiger partial charge in [0.25, 0.3) is 0 Å². The second kappa shape index (κ2) is 6.15. The molecule has 1 unspecified atom stereocenters. The molecule has 1 fully saturated rings. The van der Waals surface area contributed by atoms with Crippen LogP contribution in [-0.4, -0.2) is 38.7 Å². The normalized spacial score (nSPS) is 19.3. The van der Waals surface area contributed by atoms with Crippen molar-refractivity contribution >= 4 is 0 Å². The summed E-state index contributed by atoms with van der Waals surface area (Å²) in [7, 11) is 8.24. The third-order valence-corrected chi connectivity index (χ3v) is 4.97. The second-order valence-electron chi connectivity index (χ2n) is 6.15. The summed E-state index contributed by atoms with van der Waals surface area (Å²) in [6, 6.07) is 6.80. The van der Waals surface area contributed by atoms with Crippen LogP contribution in [0.15, 0.2) is 18.2 Å². The summed E-state index contributed by atoms with van der Waals surface area (Å²) < 4.78 is 5.33. The summed E-state index contributed by atoms with van der Waals surface area (Å²) in [4.78, 5) is 2.42. The van der Waals surface area contributed by atoms with Crippen LogP contribution in [0.1, 0.15) is 42.9 Å². The van der Waals surface area contributed by atoms with Crippen LogP contribution < -0.4 is 10.1 Å². The molecule has 0 heterocycles. The molecule has 1 aliphatic carbocycles. The summed E-state index contributed by atoms with van der Waals surface area (Å²) in [5, 5.41) is 3.58. The predicted molar refractivity (Wildman–Crippen MR) is 84.4 cm³/mol. The first-order valence-electron chi connectivity index (χ1n) is 7.54. The zero-order valence-electron chi connectivity index (χ0n) is 13.5. The number of benzene rings is 1. The summed E-state index contributed by atoms with van der Waals surface area (Å²) >= 11 is 0. The molecule has 0 aliphatic heterocycles. The lowest BCUT2D eigenvalue weighted by atomic mass is 9.81. The minimum Gasteiger partial charge on any atom is -0.497 e. The van der Waals surface area contributed by atoms with Gasteiger partial charge in [0.2, 0.25) is 0 Å². The van der Waals surface area contributed by atoms with Crippen LogP contribution >= 0.6 is 0 Å². The first-order chi connectivity index (χ1) is 9.55. The van der Waals surface area contributed by atoms with Crippen LogP contribution in [0.25, 0.3) is 0 Å².